The van der Waals surface area contributed by atoms with Crippen LogP contribution in [0.25, 0.3) is 0 Å². The van der Waals surface area contributed by atoms with Gasteiger partial charge in [0, 0.05) is 29.8 Å². The molecule has 2 fully saturated rings. The summed E-state index contributed by atoms with van der Waals surface area (Å²) >= 11 is 0. The van der Waals surface area contributed by atoms with Gasteiger partial charge in [-0.05, 0) is 50.5 Å². The lowest BCUT2D eigenvalue weighted by Crippen LogP contribution is -2.42. The number of hydrogen-bond acceptors (Lipinski definition) is 5. The molecule has 6 heteroatoms. The maximum Gasteiger partial charge on any atom is 0.290 e. The third-order valence-electron chi connectivity index (χ3n) is 4.93. The van der Waals surface area contributed by atoms with E-state index in [4.69, 9.17) is 9.15 Å². The molecule has 1 amide bonds. The van der Waals surface area contributed by atoms with E-state index in [-0.39, 0.29) is 23.7 Å². The lowest BCUT2D eigenvalue weighted by atomic mass is 9.95. The zero-order valence-electron chi connectivity index (χ0n) is 14.0. The summed E-state index contributed by atoms with van der Waals surface area (Å²) in [6, 6.07) is 9.60. The zero-order chi connectivity index (χ0) is 17.4. The van der Waals surface area contributed by atoms with Crippen LogP contribution in [0, 0.1) is 0 Å². The lowest BCUT2D eigenvalue weighted by molar-refractivity contribution is 0.0930. The number of carbonyl (C=O) groups is 2. The summed E-state index contributed by atoms with van der Waals surface area (Å²) in [7, 11) is 0. The van der Waals surface area contributed by atoms with E-state index in [2.05, 4.69) is 10.6 Å². The molecule has 2 bridgehead atoms. The number of benzene rings is 1. The van der Waals surface area contributed by atoms with Gasteiger partial charge in [-0.1, -0.05) is 0 Å². The number of ketones is 1. The summed E-state index contributed by atoms with van der Waals surface area (Å²) in [6.45, 7) is 1.47. The van der Waals surface area contributed by atoms with Crippen molar-refractivity contribution in [2.45, 2.75) is 44.3 Å². The largest absolute Gasteiger partial charge is 0.433 e. The average molecular weight is 340 g/mol. The van der Waals surface area contributed by atoms with Crippen LogP contribution in [0.3, 0.4) is 0 Å². The molecular formula is C19H20N2O4. The number of rotatable bonds is 5. The molecule has 3 unspecified atom stereocenters. The van der Waals surface area contributed by atoms with Crippen LogP contribution < -0.4 is 15.4 Å². The molecule has 2 N–H and O–H groups in total. The van der Waals surface area contributed by atoms with Gasteiger partial charge in [-0.2, -0.15) is 0 Å². The summed E-state index contributed by atoms with van der Waals surface area (Å²) in [5.41, 5.74) is 1.06. The Morgan fingerprint density at radius 1 is 1.20 bits per heavy atom. The lowest BCUT2D eigenvalue weighted by Gasteiger charge is -2.21. The fourth-order valence-electron chi connectivity index (χ4n) is 3.58. The molecule has 130 valence electrons. The number of ether oxygens (including phenoxy) is 1. The Hall–Kier alpha value is -2.60. The van der Waals surface area contributed by atoms with Gasteiger partial charge in [-0.15, -0.1) is 0 Å². The number of amides is 1. The van der Waals surface area contributed by atoms with Gasteiger partial charge in [-0.25, -0.2) is 0 Å². The van der Waals surface area contributed by atoms with Crippen molar-refractivity contribution in [1.82, 2.24) is 10.6 Å². The van der Waals surface area contributed by atoms with E-state index in [9.17, 15) is 9.59 Å². The molecule has 0 aliphatic carbocycles. The van der Waals surface area contributed by atoms with Crippen molar-refractivity contribution >= 4 is 11.7 Å². The topological polar surface area (TPSA) is 80.6 Å². The average Bonchev–Trinajstić information content (AvgIpc) is 3.32. The smallest absolute Gasteiger partial charge is 0.290 e. The highest BCUT2D eigenvalue weighted by molar-refractivity contribution is 5.95. The Kier molecular flexibility index (Phi) is 4.05. The number of furan rings is 1. The minimum absolute atomic E-state index is 0.0669. The van der Waals surface area contributed by atoms with Crippen molar-refractivity contribution in [3.05, 3.63) is 47.7 Å². The molecule has 0 radical (unpaired) electrons. The van der Waals surface area contributed by atoms with Gasteiger partial charge < -0.3 is 19.8 Å². The van der Waals surface area contributed by atoms with Crippen LogP contribution in [0.2, 0.25) is 0 Å². The first-order chi connectivity index (χ1) is 12.1. The predicted molar refractivity (Wildman–Crippen MR) is 91.0 cm³/mol. The van der Waals surface area contributed by atoms with Gasteiger partial charge in [0.05, 0.1) is 5.56 Å². The second-order valence-corrected chi connectivity index (χ2v) is 6.70. The first-order valence-corrected chi connectivity index (χ1v) is 8.53. The first kappa shape index (κ1) is 15.9. The Bertz CT molecular complexity index is 796. The van der Waals surface area contributed by atoms with E-state index in [1.165, 1.54) is 19.6 Å². The van der Waals surface area contributed by atoms with Gasteiger partial charge >= 0.3 is 0 Å². The van der Waals surface area contributed by atoms with Crippen LogP contribution >= 0.6 is 0 Å². The van der Waals surface area contributed by atoms with Crippen LogP contribution in [0.4, 0.5) is 0 Å². The molecule has 2 aliphatic rings. The van der Waals surface area contributed by atoms with Crippen LogP contribution in [-0.2, 0) is 0 Å². The van der Waals surface area contributed by atoms with Crippen molar-refractivity contribution in [3.8, 4) is 11.7 Å². The Balaban J connectivity index is 1.37. The third kappa shape index (κ3) is 3.30. The Morgan fingerprint density at radius 2 is 2.00 bits per heavy atom. The maximum atomic E-state index is 12.4. The predicted octanol–water partition coefficient (Wildman–Crippen LogP) is 2.90. The van der Waals surface area contributed by atoms with Gasteiger partial charge in [0.25, 0.3) is 11.9 Å². The first-order valence-electron chi connectivity index (χ1n) is 8.53. The number of nitrogens with one attached hydrogen (secondary N) is 2. The van der Waals surface area contributed by atoms with E-state index >= 15 is 0 Å². The molecule has 2 aromatic rings. The highest BCUT2D eigenvalue weighted by atomic mass is 16.6. The molecule has 4 rings (SSSR count). The standard InChI is InChI=1S/C19H20N2O4/c1-11(22)13-8-18(24-10-13)25-15-5-2-12(3-6-15)19(23)21-17-9-14-4-7-16(17)20-14/h2-3,5-6,8,10,14,16-17,20H,4,7,9H2,1H3,(H,21,23). The number of hydrogen-bond donors (Lipinski definition) is 2. The molecule has 0 saturated carbocycles. The minimum atomic E-state index is -0.0827. The van der Waals surface area contributed by atoms with E-state index in [0.29, 0.717) is 29.0 Å². The molecular weight excluding hydrogens is 320 g/mol. The summed E-state index contributed by atoms with van der Waals surface area (Å²) in [5.74, 6) is 0.640. The van der Waals surface area contributed by atoms with E-state index in [1.54, 1.807) is 30.3 Å². The molecule has 0 spiro atoms. The Labute approximate surface area is 145 Å². The summed E-state index contributed by atoms with van der Waals surface area (Å²) in [4.78, 5) is 23.6. The van der Waals surface area contributed by atoms with Crippen molar-refractivity contribution in [2.75, 3.05) is 0 Å². The summed E-state index contributed by atoms with van der Waals surface area (Å²) < 4.78 is 10.8. The maximum absolute atomic E-state index is 12.4. The van der Waals surface area contributed by atoms with Crippen LogP contribution in [0.5, 0.6) is 11.7 Å². The molecule has 3 heterocycles. The van der Waals surface area contributed by atoms with E-state index < -0.39 is 0 Å². The second-order valence-electron chi connectivity index (χ2n) is 6.70. The quantitative estimate of drug-likeness (QED) is 0.818. The fourth-order valence-corrected chi connectivity index (χ4v) is 3.58. The molecule has 3 atom stereocenters. The molecule has 2 saturated heterocycles. The highest BCUT2D eigenvalue weighted by Crippen LogP contribution is 2.28. The van der Waals surface area contributed by atoms with Gasteiger partial charge in [0.15, 0.2) is 5.78 Å². The fraction of sp³-hybridized carbons (Fsp3) is 0.368. The van der Waals surface area contributed by atoms with Gasteiger partial charge in [0.2, 0.25) is 0 Å². The SMILES string of the molecule is CC(=O)c1coc(Oc2ccc(C(=O)NC3CC4CCC3N4)cc2)c1. The van der Waals surface area contributed by atoms with Crippen LogP contribution in [0.15, 0.2) is 41.0 Å². The van der Waals surface area contributed by atoms with Crippen molar-refractivity contribution in [3.63, 3.8) is 0 Å². The molecule has 6 nitrogen and oxygen atoms in total. The molecule has 2 aliphatic heterocycles. The number of fused-ring (bicyclic) bond motifs is 2. The highest BCUT2D eigenvalue weighted by Gasteiger charge is 2.39. The molecule has 1 aromatic heterocycles. The summed E-state index contributed by atoms with van der Waals surface area (Å²) in [6.07, 6.45) is 4.71. The van der Waals surface area contributed by atoms with Gasteiger partial charge in [-0.3, -0.25) is 9.59 Å². The monoisotopic (exact) mass is 340 g/mol. The second kappa shape index (κ2) is 6.37. The minimum Gasteiger partial charge on any atom is -0.433 e. The molecule has 1 aromatic carbocycles. The van der Waals surface area contributed by atoms with E-state index in [0.717, 1.165) is 12.8 Å². The van der Waals surface area contributed by atoms with Crippen LogP contribution in [0.1, 0.15) is 46.9 Å². The van der Waals surface area contributed by atoms with Crippen molar-refractivity contribution < 1.29 is 18.7 Å². The normalized spacial score (nSPS) is 24.3. The van der Waals surface area contributed by atoms with Crippen molar-refractivity contribution in [1.29, 1.82) is 0 Å². The van der Waals surface area contributed by atoms with Crippen molar-refractivity contribution in [2.24, 2.45) is 0 Å². The van der Waals surface area contributed by atoms with E-state index in [1.807, 2.05) is 0 Å². The number of carbonyl (C=O) groups excluding carboxylic acids is 2. The van der Waals surface area contributed by atoms with Gasteiger partial charge in [0.1, 0.15) is 12.0 Å². The summed E-state index contributed by atoms with van der Waals surface area (Å²) in [5, 5.41) is 6.63. The molecule has 25 heavy (non-hydrogen) atoms. The zero-order valence-corrected chi connectivity index (χ0v) is 14.0. The third-order valence-corrected chi connectivity index (χ3v) is 4.93. The number of Topliss-reactive ketones (excluding diaryl/α,β-unsaturated/α-hetero) is 1. The Morgan fingerprint density at radius 3 is 2.60 bits per heavy atom. The van der Waals surface area contributed by atoms with Crippen LogP contribution in [-0.4, -0.2) is 29.8 Å².